The first-order valence-corrected chi connectivity index (χ1v) is 11.4. The van der Waals surface area contributed by atoms with Crippen LogP contribution in [0, 0.1) is 0 Å². The van der Waals surface area contributed by atoms with Crippen LogP contribution in [0.1, 0.15) is 30.1 Å². The minimum absolute atomic E-state index is 0.192. The van der Waals surface area contributed by atoms with Gasteiger partial charge in [0.2, 0.25) is 0 Å². The summed E-state index contributed by atoms with van der Waals surface area (Å²) in [4.78, 5) is 21.5. The highest BCUT2D eigenvalue weighted by Gasteiger charge is 2.38. The number of aromatic nitrogens is 1. The summed E-state index contributed by atoms with van der Waals surface area (Å²) in [7, 11) is 1.65. The Morgan fingerprint density at radius 3 is 2.75 bits per heavy atom. The second-order valence-corrected chi connectivity index (χ2v) is 8.81. The quantitative estimate of drug-likeness (QED) is 0.543. The number of rotatable bonds is 5. The van der Waals surface area contributed by atoms with Crippen LogP contribution in [0.2, 0.25) is 5.02 Å². The Balaban J connectivity index is 1.26. The molecule has 0 N–H and O–H groups in total. The molecule has 0 bridgehead atoms. The third-order valence-electron chi connectivity index (χ3n) is 6.52. The summed E-state index contributed by atoms with van der Waals surface area (Å²) < 4.78 is 11.2. The molecule has 32 heavy (non-hydrogen) atoms. The number of hydrogen-bond donors (Lipinski definition) is 0. The topological polar surface area (TPSA) is 54.9 Å². The summed E-state index contributed by atoms with van der Waals surface area (Å²) in [5, 5.41) is 1.77. The van der Waals surface area contributed by atoms with E-state index in [0.29, 0.717) is 6.54 Å². The SMILES string of the molecule is COc1ccc2nccc(C3CN(C4CCN(Cc5ccccc5Cl)CC4)C(=O)O3)c2c1. The summed E-state index contributed by atoms with van der Waals surface area (Å²) >= 11 is 6.32. The molecule has 1 unspecified atom stereocenters. The van der Waals surface area contributed by atoms with Crippen molar-refractivity contribution in [1.29, 1.82) is 0 Å². The maximum Gasteiger partial charge on any atom is 0.410 e. The molecule has 1 aromatic heterocycles. The normalized spacial score (nSPS) is 20.0. The average molecular weight is 452 g/mol. The van der Waals surface area contributed by atoms with Gasteiger partial charge in [0.15, 0.2) is 0 Å². The van der Waals surface area contributed by atoms with E-state index in [4.69, 9.17) is 21.1 Å². The third kappa shape index (κ3) is 4.12. The van der Waals surface area contributed by atoms with E-state index in [-0.39, 0.29) is 18.2 Å². The molecular formula is C25H26ClN3O3. The van der Waals surface area contributed by atoms with Gasteiger partial charge < -0.3 is 14.4 Å². The predicted molar refractivity (Wildman–Crippen MR) is 124 cm³/mol. The molecule has 5 rings (SSSR count). The summed E-state index contributed by atoms with van der Waals surface area (Å²) in [6.45, 7) is 3.26. The number of halogens is 1. The first-order valence-electron chi connectivity index (χ1n) is 11.0. The lowest BCUT2D eigenvalue weighted by molar-refractivity contribution is 0.110. The number of methoxy groups -OCH3 is 1. The van der Waals surface area contributed by atoms with E-state index in [1.807, 2.05) is 47.4 Å². The first-order chi connectivity index (χ1) is 15.6. The van der Waals surface area contributed by atoms with Gasteiger partial charge >= 0.3 is 6.09 Å². The summed E-state index contributed by atoms with van der Waals surface area (Å²) in [5.74, 6) is 0.763. The molecule has 0 aliphatic carbocycles. The number of fused-ring (bicyclic) bond motifs is 1. The molecule has 7 heteroatoms. The zero-order valence-electron chi connectivity index (χ0n) is 18.0. The van der Waals surface area contributed by atoms with Gasteiger partial charge in [-0.3, -0.25) is 9.88 Å². The standard InChI is InChI=1S/C25H26ClN3O3/c1-31-19-6-7-23-21(14-19)20(8-11-27-23)24-16-29(25(30)32-24)18-9-12-28(13-10-18)15-17-4-2-3-5-22(17)26/h2-8,11,14,18,24H,9-10,12-13,15-16H2,1H3. The van der Waals surface area contributed by atoms with E-state index in [2.05, 4.69) is 16.0 Å². The molecule has 166 valence electrons. The Kier molecular flexibility index (Phi) is 5.89. The highest BCUT2D eigenvalue weighted by Crippen LogP contribution is 2.35. The average Bonchev–Trinajstić information content (AvgIpc) is 3.21. The van der Waals surface area contributed by atoms with Crippen LogP contribution in [-0.4, -0.2) is 53.7 Å². The van der Waals surface area contributed by atoms with E-state index >= 15 is 0 Å². The lowest BCUT2D eigenvalue weighted by Crippen LogP contribution is -2.45. The first kappa shape index (κ1) is 21.0. The van der Waals surface area contributed by atoms with Gasteiger partial charge in [-0.2, -0.15) is 0 Å². The largest absolute Gasteiger partial charge is 0.497 e. The number of amides is 1. The number of likely N-dealkylation sites (tertiary alicyclic amines) is 1. The van der Waals surface area contributed by atoms with E-state index in [0.717, 1.165) is 65.3 Å². The van der Waals surface area contributed by atoms with Gasteiger partial charge in [0, 0.05) is 47.8 Å². The third-order valence-corrected chi connectivity index (χ3v) is 6.89. The molecule has 2 aliphatic rings. The number of carbonyl (C=O) groups excluding carboxylic acids is 1. The molecular weight excluding hydrogens is 426 g/mol. The second kappa shape index (κ2) is 8.96. The maximum atomic E-state index is 12.8. The Bertz CT molecular complexity index is 1130. The fourth-order valence-corrected chi connectivity index (χ4v) is 4.95. The predicted octanol–water partition coefficient (Wildman–Crippen LogP) is 5.05. The van der Waals surface area contributed by atoms with Gasteiger partial charge in [-0.1, -0.05) is 29.8 Å². The number of ether oxygens (including phenoxy) is 2. The molecule has 3 heterocycles. The van der Waals surface area contributed by atoms with Crippen LogP contribution in [0.3, 0.4) is 0 Å². The minimum Gasteiger partial charge on any atom is -0.497 e. The zero-order valence-corrected chi connectivity index (χ0v) is 18.8. The van der Waals surface area contributed by atoms with Crippen molar-refractivity contribution < 1.29 is 14.3 Å². The fraction of sp³-hybridized carbons (Fsp3) is 0.360. The lowest BCUT2D eigenvalue weighted by atomic mass is 10.0. The molecule has 2 aliphatic heterocycles. The van der Waals surface area contributed by atoms with E-state index in [9.17, 15) is 4.79 Å². The maximum absolute atomic E-state index is 12.8. The van der Waals surface area contributed by atoms with Crippen LogP contribution in [0.4, 0.5) is 4.79 Å². The van der Waals surface area contributed by atoms with Crippen molar-refractivity contribution in [3.8, 4) is 5.75 Å². The summed E-state index contributed by atoms with van der Waals surface area (Å²) in [5.41, 5.74) is 2.99. The second-order valence-electron chi connectivity index (χ2n) is 8.41. The number of carbonyl (C=O) groups is 1. The monoisotopic (exact) mass is 451 g/mol. The van der Waals surface area contributed by atoms with Crippen LogP contribution >= 0.6 is 11.6 Å². The van der Waals surface area contributed by atoms with Crippen LogP contribution < -0.4 is 4.74 Å². The van der Waals surface area contributed by atoms with Gasteiger partial charge in [-0.25, -0.2) is 4.79 Å². The molecule has 2 aromatic carbocycles. The molecule has 0 radical (unpaired) electrons. The van der Waals surface area contributed by atoms with Gasteiger partial charge in [0.1, 0.15) is 11.9 Å². The molecule has 2 fully saturated rings. The molecule has 0 saturated carbocycles. The van der Waals surface area contributed by atoms with Crippen LogP contribution in [0.5, 0.6) is 5.75 Å². The Hall–Kier alpha value is -2.83. The van der Waals surface area contributed by atoms with Crippen LogP contribution in [-0.2, 0) is 11.3 Å². The van der Waals surface area contributed by atoms with Gasteiger partial charge in [-0.15, -0.1) is 0 Å². The van der Waals surface area contributed by atoms with Crippen molar-refractivity contribution in [2.45, 2.75) is 31.5 Å². The molecule has 2 saturated heterocycles. The molecule has 6 nitrogen and oxygen atoms in total. The zero-order chi connectivity index (χ0) is 22.1. The number of pyridine rings is 1. The van der Waals surface area contributed by atoms with Crippen molar-refractivity contribution >= 4 is 28.6 Å². The summed E-state index contributed by atoms with van der Waals surface area (Å²) in [6, 6.07) is 15.9. The van der Waals surface area contributed by atoms with E-state index < -0.39 is 0 Å². The fourth-order valence-electron chi connectivity index (χ4n) is 4.75. The lowest BCUT2D eigenvalue weighted by Gasteiger charge is -2.35. The highest BCUT2D eigenvalue weighted by atomic mass is 35.5. The molecule has 0 spiro atoms. The Morgan fingerprint density at radius 1 is 1.16 bits per heavy atom. The smallest absolute Gasteiger partial charge is 0.410 e. The van der Waals surface area contributed by atoms with Gasteiger partial charge in [-0.05, 0) is 48.7 Å². The number of benzene rings is 2. The Labute approximate surface area is 192 Å². The number of piperidine rings is 1. The number of nitrogens with zero attached hydrogens (tertiary/aromatic N) is 3. The number of cyclic esters (lactones) is 1. The Morgan fingerprint density at radius 2 is 1.97 bits per heavy atom. The van der Waals surface area contributed by atoms with E-state index in [1.165, 1.54) is 0 Å². The molecule has 3 aromatic rings. The van der Waals surface area contributed by atoms with E-state index in [1.54, 1.807) is 13.3 Å². The van der Waals surface area contributed by atoms with Crippen molar-refractivity contribution in [3.05, 3.63) is 70.9 Å². The van der Waals surface area contributed by atoms with Gasteiger partial charge in [0.05, 0.1) is 19.2 Å². The highest BCUT2D eigenvalue weighted by molar-refractivity contribution is 6.31. The molecule has 1 amide bonds. The van der Waals surface area contributed by atoms with Crippen molar-refractivity contribution in [2.75, 3.05) is 26.7 Å². The number of hydrogen-bond acceptors (Lipinski definition) is 5. The van der Waals surface area contributed by atoms with Gasteiger partial charge in [0.25, 0.3) is 0 Å². The molecule has 1 atom stereocenters. The van der Waals surface area contributed by atoms with Crippen LogP contribution in [0.25, 0.3) is 10.9 Å². The minimum atomic E-state index is -0.304. The van der Waals surface area contributed by atoms with Crippen molar-refractivity contribution in [3.63, 3.8) is 0 Å². The van der Waals surface area contributed by atoms with Crippen molar-refractivity contribution in [1.82, 2.24) is 14.8 Å². The van der Waals surface area contributed by atoms with Crippen LogP contribution in [0.15, 0.2) is 54.7 Å². The van der Waals surface area contributed by atoms with Crippen molar-refractivity contribution in [2.24, 2.45) is 0 Å². The summed E-state index contributed by atoms with van der Waals surface area (Å²) in [6.07, 6.45) is 3.09.